The van der Waals surface area contributed by atoms with E-state index in [1.165, 1.54) is 0 Å². The Labute approximate surface area is 80.2 Å². The maximum absolute atomic E-state index is 4.96. The minimum atomic E-state index is 0.920. The van der Waals surface area contributed by atoms with Crippen molar-refractivity contribution in [1.82, 2.24) is 9.97 Å². The van der Waals surface area contributed by atoms with Gasteiger partial charge in [0.15, 0.2) is 0 Å². The number of hydrogen-bond acceptors (Lipinski definition) is 4. The van der Waals surface area contributed by atoms with E-state index in [2.05, 4.69) is 9.97 Å². The Morgan fingerprint density at radius 3 is 2.85 bits per heavy atom. The van der Waals surface area contributed by atoms with E-state index >= 15 is 0 Å². The molecular weight excluding hydrogens is 184 g/mol. The molecule has 0 saturated carbocycles. The lowest BCUT2D eigenvalue weighted by Gasteiger charge is -1.99. The molecule has 0 N–H and O–H groups in total. The molecule has 0 saturated heterocycles. The molecule has 0 atom stereocenters. The summed E-state index contributed by atoms with van der Waals surface area (Å²) in [4.78, 5) is 9.40. The molecule has 0 bridgehead atoms. The molecule has 0 aromatic carbocycles. The molecule has 0 unspecified atom stereocenters. The number of nitrogens with zero attached hydrogens (tertiary/aromatic N) is 2. The van der Waals surface area contributed by atoms with Crippen LogP contribution in [0.2, 0.25) is 0 Å². The van der Waals surface area contributed by atoms with Crippen LogP contribution in [0.4, 0.5) is 0 Å². The van der Waals surface area contributed by atoms with Gasteiger partial charge in [0, 0.05) is 12.4 Å². The number of aryl methyl sites for hydroxylation is 1. The van der Waals surface area contributed by atoms with Crippen molar-refractivity contribution in [2.45, 2.75) is 16.8 Å². The lowest BCUT2D eigenvalue weighted by atomic mass is 10.5. The molecule has 2 aromatic heterocycles. The fourth-order valence-corrected chi connectivity index (χ4v) is 1.68. The Balaban J connectivity index is 2.24. The topological polar surface area (TPSA) is 38.9 Å². The van der Waals surface area contributed by atoms with Gasteiger partial charge in [-0.1, -0.05) is 11.8 Å². The van der Waals surface area contributed by atoms with Gasteiger partial charge >= 0.3 is 0 Å². The smallest absolute Gasteiger partial charge is 0.122 e. The van der Waals surface area contributed by atoms with Gasteiger partial charge < -0.3 is 4.42 Å². The third kappa shape index (κ3) is 1.89. The largest absolute Gasteiger partial charge is 0.471 e. The Morgan fingerprint density at radius 2 is 2.15 bits per heavy atom. The molecule has 0 fully saturated rings. The van der Waals surface area contributed by atoms with Gasteiger partial charge in [0.05, 0.1) is 16.9 Å². The van der Waals surface area contributed by atoms with Gasteiger partial charge in [0.2, 0.25) is 0 Å². The zero-order valence-corrected chi connectivity index (χ0v) is 7.91. The Kier molecular flexibility index (Phi) is 2.31. The van der Waals surface area contributed by atoms with Crippen molar-refractivity contribution in [3.05, 3.63) is 36.7 Å². The van der Waals surface area contributed by atoms with Crippen molar-refractivity contribution in [1.29, 1.82) is 0 Å². The highest BCUT2D eigenvalue weighted by Gasteiger charge is 2.02. The van der Waals surface area contributed by atoms with Crippen molar-refractivity contribution < 1.29 is 4.42 Å². The minimum Gasteiger partial charge on any atom is -0.471 e. The summed E-state index contributed by atoms with van der Waals surface area (Å²) in [6.07, 6.45) is 6.72. The first-order valence-electron chi connectivity index (χ1n) is 3.84. The molecule has 0 amide bonds. The second-order valence-electron chi connectivity index (χ2n) is 2.51. The first-order chi connectivity index (χ1) is 6.36. The molecule has 0 aliphatic rings. The van der Waals surface area contributed by atoms with Crippen molar-refractivity contribution in [2.24, 2.45) is 0 Å². The molecule has 2 rings (SSSR count). The maximum Gasteiger partial charge on any atom is 0.122 e. The van der Waals surface area contributed by atoms with Gasteiger partial charge in [0.25, 0.3) is 0 Å². The van der Waals surface area contributed by atoms with Crippen LogP contribution < -0.4 is 0 Å². The summed E-state index contributed by atoms with van der Waals surface area (Å²) >= 11 is 1.55. The molecule has 0 aliphatic carbocycles. The molecule has 2 heterocycles. The van der Waals surface area contributed by atoms with Crippen LogP contribution in [0.5, 0.6) is 0 Å². The van der Waals surface area contributed by atoms with Crippen molar-refractivity contribution in [3.8, 4) is 0 Å². The summed E-state index contributed by atoms with van der Waals surface area (Å²) in [6.45, 7) is 1.94. The van der Waals surface area contributed by atoms with E-state index in [1.807, 2.05) is 13.0 Å². The fourth-order valence-electron chi connectivity index (χ4n) is 0.917. The summed E-state index contributed by atoms with van der Waals surface area (Å²) in [7, 11) is 0. The van der Waals surface area contributed by atoms with E-state index in [9.17, 15) is 0 Å². The molecule has 0 spiro atoms. The fraction of sp³-hybridized carbons (Fsp3) is 0.111. The summed E-state index contributed by atoms with van der Waals surface area (Å²) in [5.41, 5.74) is 0.939. The van der Waals surface area contributed by atoms with Gasteiger partial charge in [-0.25, -0.2) is 4.98 Å². The molecule has 66 valence electrons. The average molecular weight is 192 g/mol. The van der Waals surface area contributed by atoms with E-state index in [0.29, 0.717) is 0 Å². The lowest BCUT2D eigenvalue weighted by Crippen LogP contribution is -1.87. The van der Waals surface area contributed by atoms with Crippen LogP contribution in [-0.4, -0.2) is 9.97 Å². The SMILES string of the molecule is Cc1nccnc1Sc1ccoc1. The van der Waals surface area contributed by atoms with E-state index in [4.69, 9.17) is 4.42 Å². The van der Waals surface area contributed by atoms with Crippen LogP contribution in [0, 0.1) is 6.92 Å². The Morgan fingerprint density at radius 1 is 1.31 bits per heavy atom. The molecule has 0 radical (unpaired) electrons. The Bertz CT molecular complexity index is 386. The van der Waals surface area contributed by atoms with Crippen LogP contribution in [0.25, 0.3) is 0 Å². The van der Waals surface area contributed by atoms with Crippen LogP contribution in [0.15, 0.2) is 45.3 Å². The third-order valence-electron chi connectivity index (χ3n) is 1.55. The lowest BCUT2D eigenvalue weighted by molar-refractivity contribution is 0.562. The van der Waals surface area contributed by atoms with E-state index in [0.717, 1.165) is 15.6 Å². The van der Waals surface area contributed by atoms with E-state index < -0.39 is 0 Å². The molecule has 2 aromatic rings. The summed E-state index contributed by atoms with van der Waals surface area (Å²) in [6, 6.07) is 1.90. The van der Waals surface area contributed by atoms with Gasteiger partial charge in [-0.05, 0) is 13.0 Å². The van der Waals surface area contributed by atoms with E-state index in [-0.39, 0.29) is 0 Å². The first kappa shape index (κ1) is 8.31. The zero-order chi connectivity index (χ0) is 9.10. The highest BCUT2D eigenvalue weighted by molar-refractivity contribution is 7.99. The second-order valence-corrected chi connectivity index (χ2v) is 3.57. The number of rotatable bonds is 2. The molecule has 13 heavy (non-hydrogen) atoms. The maximum atomic E-state index is 4.96. The van der Waals surface area contributed by atoms with Gasteiger partial charge in [0.1, 0.15) is 11.3 Å². The molecular formula is C9H8N2OS. The highest BCUT2D eigenvalue weighted by Crippen LogP contribution is 2.27. The highest BCUT2D eigenvalue weighted by atomic mass is 32.2. The number of hydrogen-bond donors (Lipinski definition) is 0. The average Bonchev–Trinajstić information content (AvgIpc) is 2.61. The first-order valence-corrected chi connectivity index (χ1v) is 4.65. The number of furan rings is 1. The third-order valence-corrected chi connectivity index (χ3v) is 2.61. The van der Waals surface area contributed by atoms with Gasteiger partial charge in [-0.15, -0.1) is 0 Å². The van der Waals surface area contributed by atoms with Crippen LogP contribution >= 0.6 is 11.8 Å². The van der Waals surface area contributed by atoms with Crippen molar-refractivity contribution >= 4 is 11.8 Å². The zero-order valence-electron chi connectivity index (χ0n) is 7.10. The van der Waals surface area contributed by atoms with Crippen LogP contribution in [0.3, 0.4) is 0 Å². The predicted molar refractivity (Wildman–Crippen MR) is 49.6 cm³/mol. The predicted octanol–water partition coefficient (Wildman–Crippen LogP) is 2.53. The summed E-state index contributed by atoms with van der Waals surface area (Å²) in [5, 5.41) is 0.920. The second kappa shape index (κ2) is 3.62. The normalized spacial score (nSPS) is 10.2. The van der Waals surface area contributed by atoms with Crippen LogP contribution in [-0.2, 0) is 0 Å². The molecule has 0 aliphatic heterocycles. The van der Waals surface area contributed by atoms with E-state index in [1.54, 1.807) is 36.7 Å². The minimum absolute atomic E-state index is 0.920. The number of aromatic nitrogens is 2. The Hall–Kier alpha value is -1.29. The standard InChI is InChI=1S/C9H8N2OS/c1-7-9(11-4-3-10-7)13-8-2-5-12-6-8/h2-6H,1H3. The van der Waals surface area contributed by atoms with Crippen molar-refractivity contribution in [2.75, 3.05) is 0 Å². The van der Waals surface area contributed by atoms with Crippen molar-refractivity contribution in [3.63, 3.8) is 0 Å². The van der Waals surface area contributed by atoms with Gasteiger partial charge in [-0.2, -0.15) is 0 Å². The summed E-state index contributed by atoms with van der Waals surface area (Å²) < 4.78 is 4.96. The summed E-state index contributed by atoms with van der Waals surface area (Å²) in [5.74, 6) is 0. The van der Waals surface area contributed by atoms with Gasteiger partial charge in [-0.3, -0.25) is 4.98 Å². The quantitative estimate of drug-likeness (QED) is 0.733. The monoisotopic (exact) mass is 192 g/mol. The molecule has 4 heteroatoms. The van der Waals surface area contributed by atoms with Crippen LogP contribution in [0.1, 0.15) is 5.69 Å². The molecule has 3 nitrogen and oxygen atoms in total.